The van der Waals surface area contributed by atoms with Crippen LogP contribution in [0.2, 0.25) is 0 Å². The third-order valence-electron chi connectivity index (χ3n) is 6.97. The lowest BCUT2D eigenvalue weighted by molar-refractivity contribution is -0.126. The summed E-state index contributed by atoms with van der Waals surface area (Å²) < 4.78 is 18.8. The highest BCUT2D eigenvalue weighted by Gasteiger charge is 2.41. The number of benzene rings is 3. The Morgan fingerprint density at radius 3 is 2.59 bits per heavy atom. The number of anilines is 1. The summed E-state index contributed by atoms with van der Waals surface area (Å²) in [7, 11) is 1.68. The monoisotopic (exact) mass is 459 g/mol. The van der Waals surface area contributed by atoms with E-state index in [1.54, 1.807) is 7.11 Å². The third-order valence-corrected chi connectivity index (χ3v) is 6.97. The minimum Gasteiger partial charge on any atom is -0.497 e. The predicted molar refractivity (Wildman–Crippen MR) is 131 cm³/mol. The number of carbonyl (C=O) groups excluding carboxylic acids is 1. The number of halogens is 1. The van der Waals surface area contributed by atoms with Gasteiger partial charge >= 0.3 is 0 Å². The van der Waals surface area contributed by atoms with Crippen LogP contribution in [0, 0.1) is 11.7 Å². The van der Waals surface area contributed by atoms with Crippen LogP contribution in [0.4, 0.5) is 10.1 Å². The highest BCUT2D eigenvalue weighted by Crippen LogP contribution is 2.38. The highest BCUT2D eigenvalue weighted by molar-refractivity contribution is 5.82. The summed E-state index contributed by atoms with van der Waals surface area (Å²) in [6.45, 7) is 3.75. The van der Waals surface area contributed by atoms with Gasteiger partial charge < -0.3 is 15.0 Å². The first-order valence-electron chi connectivity index (χ1n) is 11.8. The van der Waals surface area contributed by atoms with Crippen molar-refractivity contribution in [2.24, 2.45) is 5.92 Å². The van der Waals surface area contributed by atoms with Crippen LogP contribution in [0.3, 0.4) is 0 Å². The molecule has 3 aromatic carbocycles. The molecule has 2 heterocycles. The van der Waals surface area contributed by atoms with Crippen LogP contribution in [0.25, 0.3) is 0 Å². The summed E-state index contributed by atoms with van der Waals surface area (Å²) in [6, 6.07) is 22.9. The Labute approximate surface area is 200 Å². The molecule has 1 saturated heterocycles. The van der Waals surface area contributed by atoms with Crippen molar-refractivity contribution in [3.63, 3.8) is 0 Å². The van der Waals surface area contributed by atoms with Crippen molar-refractivity contribution in [2.75, 3.05) is 31.6 Å². The number of ether oxygens (including phenoxy) is 1. The molecule has 1 N–H and O–H groups in total. The fourth-order valence-corrected chi connectivity index (χ4v) is 5.17. The van der Waals surface area contributed by atoms with Crippen molar-refractivity contribution >= 4 is 11.6 Å². The molecule has 0 aliphatic carbocycles. The molecule has 0 saturated carbocycles. The summed E-state index contributed by atoms with van der Waals surface area (Å²) in [5, 5.41) is 3.18. The Morgan fingerprint density at radius 2 is 1.82 bits per heavy atom. The molecule has 0 radical (unpaired) electrons. The lowest BCUT2D eigenvalue weighted by Gasteiger charge is -2.49. The van der Waals surface area contributed by atoms with Gasteiger partial charge in [0.2, 0.25) is 5.91 Å². The average molecular weight is 460 g/mol. The molecule has 0 unspecified atom stereocenters. The van der Waals surface area contributed by atoms with Crippen LogP contribution in [0.5, 0.6) is 5.75 Å². The van der Waals surface area contributed by atoms with E-state index in [4.69, 9.17) is 4.74 Å². The summed E-state index contributed by atoms with van der Waals surface area (Å²) in [5.41, 5.74) is 4.52. The van der Waals surface area contributed by atoms with Gasteiger partial charge in [-0.25, -0.2) is 4.39 Å². The van der Waals surface area contributed by atoms with Crippen LogP contribution < -0.4 is 15.0 Å². The summed E-state index contributed by atoms with van der Waals surface area (Å²) in [4.78, 5) is 18.2. The Morgan fingerprint density at radius 1 is 1.03 bits per heavy atom. The van der Waals surface area contributed by atoms with E-state index in [9.17, 15) is 9.18 Å². The number of nitrogens with zero attached hydrogens (tertiary/aromatic N) is 2. The maximum Gasteiger partial charge on any atom is 0.225 e. The molecule has 1 fully saturated rings. The molecule has 2 aliphatic heterocycles. The van der Waals surface area contributed by atoms with Gasteiger partial charge in [0.15, 0.2) is 0 Å². The van der Waals surface area contributed by atoms with Crippen molar-refractivity contribution in [2.45, 2.75) is 25.6 Å². The fourth-order valence-electron chi connectivity index (χ4n) is 5.17. The standard InChI is InChI=1S/C28H30FN3O2/c1-34-24-12-9-22-15-25(28(33)30-17-20-5-3-2-4-6-20)27-19-31(13-14-32(27)26(22)16-24)18-21-7-10-23(29)11-8-21/h2-12,16,25,27H,13-15,17-19H2,1H3,(H,30,33)/t25-,27+/m1/s1. The molecule has 0 bridgehead atoms. The molecule has 0 spiro atoms. The Balaban J connectivity index is 1.37. The molecule has 3 aromatic rings. The quantitative estimate of drug-likeness (QED) is 0.605. The Bertz CT molecular complexity index is 1140. The van der Waals surface area contributed by atoms with Gasteiger partial charge in [-0.15, -0.1) is 0 Å². The fraction of sp³-hybridized carbons (Fsp3) is 0.321. The first-order valence-corrected chi connectivity index (χ1v) is 11.8. The van der Waals surface area contributed by atoms with Gasteiger partial charge in [-0.1, -0.05) is 48.5 Å². The lowest BCUT2D eigenvalue weighted by atomic mass is 9.83. The number of hydrogen-bond acceptors (Lipinski definition) is 4. The van der Waals surface area contributed by atoms with E-state index in [-0.39, 0.29) is 23.7 Å². The smallest absolute Gasteiger partial charge is 0.225 e. The maximum atomic E-state index is 13.4. The van der Waals surface area contributed by atoms with Crippen LogP contribution in [-0.2, 0) is 24.3 Å². The number of amides is 1. The molecule has 6 heteroatoms. The first-order chi connectivity index (χ1) is 16.6. The average Bonchev–Trinajstić information content (AvgIpc) is 2.88. The number of fused-ring (bicyclic) bond motifs is 3. The number of rotatable bonds is 6. The van der Waals surface area contributed by atoms with E-state index in [0.29, 0.717) is 13.0 Å². The number of nitrogens with one attached hydrogen (secondary N) is 1. The predicted octanol–water partition coefficient (Wildman–Crippen LogP) is 4.01. The largest absolute Gasteiger partial charge is 0.497 e. The molecule has 2 aliphatic rings. The van der Waals surface area contributed by atoms with Gasteiger partial charge in [-0.3, -0.25) is 9.69 Å². The number of hydrogen-bond donors (Lipinski definition) is 1. The van der Waals surface area contributed by atoms with E-state index in [1.807, 2.05) is 48.5 Å². The zero-order valence-electron chi connectivity index (χ0n) is 19.4. The number of carbonyl (C=O) groups is 1. The second-order valence-corrected chi connectivity index (χ2v) is 9.13. The molecular formula is C28H30FN3O2. The molecule has 176 valence electrons. The second kappa shape index (κ2) is 9.85. The molecule has 0 aromatic heterocycles. The van der Waals surface area contributed by atoms with E-state index >= 15 is 0 Å². The van der Waals surface area contributed by atoms with Crippen molar-refractivity contribution in [1.29, 1.82) is 0 Å². The van der Waals surface area contributed by atoms with Crippen LogP contribution in [0.1, 0.15) is 16.7 Å². The molecule has 5 rings (SSSR count). The van der Waals surface area contributed by atoms with E-state index in [1.165, 1.54) is 17.7 Å². The summed E-state index contributed by atoms with van der Waals surface area (Å²) >= 11 is 0. The van der Waals surface area contributed by atoms with Gasteiger partial charge in [0.05, 0.1) is 19.1 Å². The second-order valence-electron chi connectivity index (χ2n) is 9.13. The van der Waals surface area contributed by atoms with Crippen LogP contribution >= 0.6 is 0 Å². The molecule has 5 nitrogen and oxygen atoms in total. The third kappa shape index (κ3) is 4.77. The Kier molecular flexibility index (Phi) is 6.50. The van der Waals surface area contributed by atoms with Gasteiger partial charge in [-0.05, 0) is 41.3 Å². The molecule has 34 heavy (non-hydrogen) atoms. The summed E-state index contributed by atoms with van der Waals surface area (Å²) in [5.74, 6) is 0.546. The highest BCUT2D eigenvalue weighted by atomic mass is 19.1. The van der Waals surface area contributed by atoms with Gasteiger partial charge in [0, 0.05) is 44.5 Å². The van der Waals surface area contributed by atoms with Crippen molar-refractivity contribution < 1.29 is 13.9 Å². The van der Waals surface area contributed by atoms with Gasteiger partial charge in [-0.2, -0.15) is 0 Å². The van der Waals surface area contributed by atoms with Gasteiger partial charge in [0.1, 0.15) is 11.6 Å². The zero-order chi connectivity index (χ0) is 23.5. The molecule has 1 amide bonds. The van der Waals surface area contributed by atoms with Gasteiger partial charge in [0.25, 0.3) is 0 Å². The number of methoxy groups -OCH3 is 1. The van der Waals surface area contributed by atoms with Crippen LogP contribution in [0.15, 0.2) is 72.8 Å². The van der Waals surface area contributed by atoms with Crippen molar-refractivity contribution in [1.82, 2.24) is 10.2 Å². The Hall–Kier alpha value is -3.38. The summed E-state index contributed by atoms with van der Waals surface area (Å²) in [6.07, 6.45) is 0.700. The molecule has 2 atom stereocenters. The minimum absolute atomic E-state index is 0.0598. The van der Waals surface area contributed by atoms with E-state index in [0.717, 1.165) is 48.7 Å². The van der Waals surface area contributed by atoms with Crippen molar-refractivity contribution in [3.8, 4) is 5.75 Å². The number of piperazine rings is 1. The normalized spacial score (nSPS) is 19.8. The molecular weight excluding hydrogens is 429 g/mol. The first kappa shape index (κ1) is 22.4. The SMILES string of the molecule is COc1ccc2c(c1)N1CCN(Cc3ccc(F)cc3)C[C@H]1[C@H](C(=O)NCc1ccccc1)C2. The van der Waals surface area contributed by atoms with E-state index < -0.39 is 0 Å². The maximum absolute atomic E-state index is 13.4. The van der Waals surface area contributed by atoms with Crippen molar-refractivity contribution in [3.05, 3.63) is 95.3 Å². The minimum atomic E-state index is -0.221. The van der Waals surface area contributed by atoms with E-state index in [2.05, 4.69) is 27.2 Å². The zero-order valence-corrected chi connectivity index (χ0v) is 19.4. The topological polar surface area (TPSA) is 44.8 Å². The van der Waals surface area contributed by atoms with Crippen LogP contribution in [-0.4, -0.2) is 43.6 Å². The lowest BCUT2D eigenvalue weighted by Crippen LogP contribution is -2.60.